The van der Waals surface area contributed by atoms with Crippen LogP contribution >= 0.6 is 0 Å². The van der Waals surface area contributed by atoms with Gasteiger partial charge in [0.1, 0.15) is 0 Å². The predicted octanol–water partition coefficient (Wildman–Crippen LogP) is 2.98. The standard InChI is InChI=1S/C21H23N7O/c1-12-11-13(2)23-21(22-12)26-25-19(29)10-9-16-14(3)24-20-17-7-5-6-8-18(17)27-28(20)15(16)4/h5-8,11H,9-10H2,1-4H3,(H,25,29)(H,22,23,26). The van der Waals surface area contributed by atoms with Crippen molar-refractivity contribution in [2.45, 2.75) is 40.5 Å². The first-order valence-electron chi connectivity index (χ1n) is 9.53. The Morgan fingerprint density at radius 3 is 2.52 bits per heavy atom. The Bertz CT molecular complexity index is 1210. The summed E-state index contributed by atoms with van der Waals surface area (Å²) < 4.78 is 1.87. The van der Waals surface area contributed by atoms with Gasteiger partial charge in [-0.2, -0.15) is 5.10 Å². The van der Waals surface area contributed by atoms with E-state index in [2.05, 4.69) is 25.9 Å². The third-order valence-corrected chi connectivity index (χ3v) is 4.92. The fourth-order valence-corrected chi connectivity index (χ4v) is 3.55. The highest BCUT2D eigenvalue weighted by Crippen LogP contribution is 2.22. The number of carbonyl (C=O) groups excluding carboxylic acids is 1. The first-order chi connectivity index (χ1) is 13.9. The molecule has 0 unspecified atom stereocenters. The molecular weight excluding hydrogens is 366 g/mol. The fraction of sp³-hybridized carbons (Fsp3) is 0.286. The third kappa shape index (κ3) is 3.73. The molecule has 0 aliphatic carbocycles. The van der Waals surface area contributed by atoms with E-state index in [-0.39, 0.29) is 5.91 Å². The molecule has 3 aromatic heterocycles. The summed E-state index contributed by atoms with van der Waals surface area (Å²) in [5, 5.41) is 5.69. The molecule has 3 heterocycles. The average molecular weight is 389 g/mol. The molecule has 148 valence electrons. The number of carbonyl (C=O) groups is 1. The normalized spacial score (nSPS) is 11.2. The maximum Gasteiger partial charge on any atom is 0.242 e. The van der Waals surface area contributed by atoms with Gasteiger partial charge in [-0.25, -0.2) is 19.5 Å². The lowest BCUT2D eigenvalue weighted by Gasteiger charge is -2.12. The number of amides is 1. The van der Waals surface area contributed by atoms with Crippen molar-refractivity contribution in [3.8, 4) is 0 Å². The summed E-state index contributed by atoms with van der Waals surface area (Å²) in [6.45, 7) is 7.76. The summed E-state index contributed by atoms with van der Waals surface area (Å²) in [6.07, 6.45) is 0.880. The van der Waals surface area contributed by atoms with Gasteiger partial charge in [0.2, 0.25) is 11.9 Å². The largest absolute Gasteiger partial charge is 0.273 e. The van der Waals surface area contributed by atoms with E-state index in [1.165, 1.54) is 0 Å². The fourth-order valence-electron chi connectivity index (χ4n) is 3.55. The van der Waals surface area contributed by atoms with E-state index in [4.69, 9.17) is 4.98 Å². The molecule has 0 atom stereocenters. The zero-order chi connectivity index (χ0) is 20.5. The molecular formula is C21H23N7O. The monoisotopic (exact) mass is 389 g/mol. The highest BCUT2D eigenvalue weighted by Gasteiger charge is 2.15. The third-order valence-electron chi connectivity index (χ3n) is 4.92. The van der Waals surface area contributed by atoms with Gasteiger partial charge < -0.3 is 0 Å². The number of hydrogen-bond donors (Lipinski definition) is 2. The molecule has 8 heteroatoms. The molecule has 1 aromatic carbocycles. The smallest absolute Gasteiger partial charge is 0.242 e. The first kappa shape index (κ1) is 18.8. The molecule has 0 bridgehead atoms. The van der Waals surface area contributed by atoms with Crippen LogP contribution in [0.3, 0.4) is 0 Å². The van der Waals surface area contributed by atoms with Crippen molar-refractivity contribution in [3.63, 3.8) is 0 Å². The van der Waals surface area contributed by atoms with Gasteiger partial charge in [-0.1, -0.05) is 12.1 Å². The summed E-state index contributed by atoms with van der Waals surface area (Å²) >= 11 is 0. The molecule has 0 aliphatic heterocycles. The number of aromatic nitrogens is 5. The molecule has 4 rings (SSSR count). The van der Waals surface area contributed by atoms with E-state index in [9.17, 15) is 4.79 Å². The number of rotatable bonds is 5. The maximum atomic E-state index is 12.3. The van der Waals surface area contributed by atoms with Crippen molar-refractivity contribution in [2.24, 2.45) is 0 Å². The lowest BCUT2D eigenvalue weighted by atomic mass is 10.1. The molecule has 0 spiro atoms. The maximum absolute atomic E-state index is 12.3. The van der Waals surface area contributed by atoms with Crippen molar-refractivity contribution in [3.05, 3.63) is 58.7 Å². The van der Waals surface area contributed by atoms with Crippen LogP contribution in [0, 0.1) is 27.7 Å². The second-order valence-corrected chi connectivity index (χ2v) is 7.16. The van der Waals surface area contributed by atoms with Gasteiger partial charge in [0.15, 0.2) is 5.65 Å². The Kier molecular flexibility index (Phi) is 4.84. The van der Waals surface area contributed by atoms with Crippen LogP contribution in [-0.2, 0) is 11.2 Å². The highest BCUT2D eigenvalue weighted by molar-refractivity contribution is 5.92. The summed E-state index contributed by atoms with van der Waals surface area (Å²) in [7, 11) is 0. The Labute approximate surface area is 168 Å². The molecule has 2 N–H and O–H groups in total. The molecule has 0 aliphatic rings. The Morgan fingerprint density at radius 1 is 1.03 bits per heavy atom. The van der Waals surface area contributed by atoms with E-state index in [0.29, 0.717) is 18.8 Å². The van der Waals surface area contributed by atoms with Crippen LogP contribution in [0.2, 0.25) is 0 Å². The van der Waals surface area contributed by atoms with Crippen LogP contribution in [0.15, 0.2) is 30.3 Å². The van der Waals surface area contributed by atoms with Crippen LogP contribution in [0.5, 0.6) is 0 Å². The average Bonchev–Trinajstić information content (AvgIpc) is 3.04. The van der Waals surface area contributed by atoms with Gasteiger partial charge >= 0.3 is 0 Å². The van der Waals surface area contributed by atoms with Crippen LogP contribution in [-0.4, -0.2) is 30.5 Å². The number of fused-ring (bicyclic) bond motifs is 3. The van der Waals surface area contributed by atoms with Crippen LogP contribution < -0.4 is 10.9 Å². The number of hydrogen-bond acceptors (Lipinski definition) is 6. The predicted molar refractivity (Wildman–Crippen MR) is 112 cm³/mol. The first-order valence-corrected chi connectivity index (χ1v) is 9.53. The second kappa shape index (κ2) is 7.46. The van der Waals surface area contributed by atoms with E-state index < -0.39 is 0 Å². The van der Waals surface area contributed by atoms with Crippen LogP contribution in [0.25, 0.3) is 16.6 Å². The van der Waals surface area contributed by atoms with Crippen LogP contribution in [0.4, 0.5) is 5.95 Å². The van der Waals surface area contributed by atoms with Crippen molar-refractivity contribution in [1.29, 1.82) is 0 Å². The van der Waals surface area contributed by atoms with Gasteiger partial charge in [-0.3, -0.25) is 15.6 Å². The van der Waals surface area contributed by atoms with Crippen molar-refractivity contribution in [2.75, 3.05) is 5.43 Å². The lowest BCUT2D eigenvalue weighted by molar-refractivity contribution is -0.120. The number of nitrogens with one attached hydrogen (secondary N) is 2. The quantitative estimate of drug-likeness (QED) is 0.509. The zero-order valence-corrected chi connectivity index (χ0v) is 16.9. The molecule has 1 amide bonds. The van der Waals surface area contributed by atoms with E-state index in [0.717, 1.165) is 44.9 Å². The zero-order valence-electron chi connectivity index (χ0n) is 16.9. The number of benzene rings is 1. The van der Waals surface area contributed by atoms with Gasteiger partial charge in [-0.15, -0.1) is 0 Å². The summed E-state index contributed by atoms with van der Waals surface area (Å²) in [4.78, 5) is 25.6. The molecule has 0 radical (unpaired) electrons. The minimum absolute atomic E-state index is 0.141. The minimum Gasteiger partial charge on any atom is -0.273 e. The molecule has 29 heavy (non-hydrogen) atoms. The Hall–Kier alpha value is -3.55. The summed E-state index contributed by atoms with van der Waals surface area (Å²) in [6, 6.07) is 9.83. The Balaban J connectivity index is 1.49. The highest BCUT2D eigenvalue weighted by atomic mass is 16.2. The summed E-state index contributed by atoms with van der Waals surface area (Å²) in [5.74, 6) is 0.242. The van der Waals surface area contributed by atoms with E-state index in [1.807, 2.05) is 62.5 Å². The molecule has 4 aromatic rings. The van der Waals surface area contributed by atoms with Gasteiger partial charge in [0.05, 0.1) is 5.52 Å². The minimum atomic E-state index is -0.141. The Morgan fingerprint density at radius 2 is 1.76 bits per heavy atom. The molecule has 0 fully saturated rings. The number of hydrazine groups is 1. The molecule has 0 saturated carbocycles. The van der Waals surface area contributed by atoms with Crippen molar-refractivity contribution in [1.82, 2.24) is 30.0 Å². The van der Waals surface area contributed by atoms with Gasteiger partial charge in [-0.05, 0) is 57.9 Å². The second-order valence-electron chi connectivity index (χ2n) is 7.16. The SMILES string of the molecule is Cc1cc(C)nc(NNC(=O)CCc2c(C)nc3c4ccccc4nn3c2C)n1. The number of anilines is 1. The molecule has 8 nitrogen and oxygen atoms in total. The van der Waals surface area contributed by atoms with Crippen LogP contribution in [0.1, 0.15) is 34.8 Å². The van der Waals surface area contributed by atoms with Crippen molar-refractivity contribution >= 4 is 28.4 Å². The van der Waals surface area contributed by atoms with Crippen molar-refractivity contribution < 1.29 is 4.79 Å². The van der Waals surface area contributed by atoms with Gasteiger partial charge in [0.25, 0.3) is 0 Å². The number of nitrogens with zero attached hydrogens (tertiary/aromatic N) is 5. The number of aryl methyl sites for hydroxylation is 4. The lowest BCUT2D eigenvalue weighted by Crippen LogP contribution is -2.30. The molecule has 0 saturated heterocycles. The van der Waals surface area contributed by atoms with E-state index in [1.54, 1.807) is 0 Å². The summed E-state index contributed by atoms with van der Waals surface area (Å²) in [5.41, 5.74) is 11.8. The van der Waals surface area contributed by atoms with Gasteiger partial charge in [0, 0.05) is 34.6 Å². The van der Waals surface area contributed by atoms with E-state index >= 15 is 0 Å². The topological polar surface area (TPSA) is 97.1 Å².